The van der Waals surface area contributed by atoms with Crippen molar-refractivity contribution >= 4 is 61.8 Å². The molecule has 0 radical (unpaired) electrons. The molecule has 3 aromatic heterocycles. The molecule has 5 aromatic carbocycles. The van der Waals surface area contributed by atoms with Gasteiger partial charge >= 0.3 is 0 Å². The van der Waals surface area contributed by atoms with Crippen LogP contribution >= 0.6 is 0 Å². The van der Waals surface area contributed by atoms with Crippen LogP contribution in [0.2, 0.25) is 0 Å². The number of nitrogens with zero attached hydrogens (tertiary/aromatic N) is 2. The highest BCUT2D eigenvalue weighted by Gasteiger charge is 2.41. The maximum absolute atomic E-state index is 5.95. The third-order valence-corrected chi connectivity index (χ3v) is 13.0. The summed E-state index contributed by atoms with van der Waals surface area (Å²) in [5.41, 5.74) is 5.07. The van der Waals surface area contributed by atoms with Crippen LogP contribution in [-0.2, 0) is 0 Å². The Morgan fingerprint density at radius 2 is 1.05 bits per heavy atom. The van der Waals surface area contributed by atoms with Gasteiger partial charge in [-0.1, -0.05) is 121 Å². The van der Waals surface area contributed by atoms with E-state index in [2.05, 4.69) is 132 Å². The predicted octanol–water partition coefficient (Wildman–Crippen LogP) is 6.57. The zero-order valence-corrected chi connectivity index (χ0v) is 23.8. The molecular formula is C38H26N2OSi. The largest absolute Gasteiger partial charge is 0.453 e. The Hall–Kier alpha value is -5.32. The van der Waals surface area contributed by atoms with E-state index in [9.17, 15) is 0 Å². The van der Waals surface area contributed by atoms with Crippen LogP contribution in [0.15, 0.2) is 162 Å². The quantitative estimate of drug-likeness (QED) is 0.178. The van der Waals surface area contributed by atoms with Gasteiger partial charge in [-0.05, 0) is 61.9 Å². The van der Waals surface area contributed by atoms with Gasteiger partial charge in [0.2, 0.25) is 0 Å². The first-order valence-corrected chi connectivity index (χ1v) is 16.2. The second kappa shape index (κ2) is 9.95. The summed E-state index contributed by atoms with van der Waals surface area (Å²) in [6, 6.07) is 54.6. The second-order valence-corrected chi connectivity index (χ2v) is 14.4. The Morgan fingerprint density at radius 3 is 1.71 bits per heavy atom. The molecule has 3 nitrogen and oxygen atoms in total. The van der Waals surface area contributed by atoms with E-state index in [1.807, 2.05) is 24.3 Å². The molecule has 8 rings (SSSR count). The Kier molecular flexibility index (Phi) is 5.80. The number of furan rings is 1. The molecule has 0 aliphatic carbocycles. The van der Waals surface area contributed by atoms with Gasteiger partial charge in [0, 0.05) is 11.8 Å². The van der Waals surface area contributed by atoms with Crippen molar-refractivity contribution in [2.75, 3.05) is 0 Å². The van der Waals surface area contributed by atoms with Crippen molar-refractivity contribution < 1.29 is 4.42 Å². The highest BCUT2D eigenvalue weighted by Crippen LogP contribution is 2.29. The lowest BCUT2D eigenvalue weighted by Crippen LogP contribution is -2.74. The molecule has 0 aliphatic heterocycles. The minimum atomic E-state index is -2.57. The summed E-state index contributed by atoms with van der Waals surface area (Å²) in [4.78, 5) is 9.48. The van der Waals surface area contributed by atoms with E-state index < -0.39 is 8.07 Å². The summed E-state index contributed by atoms with van der Waals surface area (Å²) >= 11 is 0. The van der Waals surface area contributed by atoms with Gasteiger partial charge in [0.25, 0.3) is 0 Å². The molecule has 4 heteroatoms. The molecule has 0 aliphatic rings. The van der Waals surface area contributed by atoms with E-state index >= 15 is 0 Å². The number of hydrogen-bond donors (Lipinski definition) is 0. The lowest BCUT2D eigenvalue weighted by Gasteiger charge is -2.34. The fraction of sp³-hybridized carbons (Fsp3) is 0. The fourth-order valence-corrected chi connectivity index (χ4v) is 11.1. The Labute approximate surface area is 244 Å². The smallest absolute Gasteiger partial charge is 0.179 e. The van der Waals surface area contributed by atoms with Crippen molar-refractivity contribution in [1.82, 2.24) is 9.97 Å². The van der Waals surface area contributed by atoms with Crippen molar-refractivity contribution in [2.45, 2.75) is 0 Å². The zero-order chi connectivity index (χ0) is 27.9. The van der Waals surface area contributed by atoms with Gasteiger partial charge in [0.05, 0.1) is 5.69 Å². The molecule has 0 atom stereocenters. The fourth-order valence-electron chi connectivity index (χ4n) is 6.33. The molecule has 198 valence electrons. The van der Waals surface area contributed by atoms with Crippen LogP contribution in [-0.4, -0.2) is 18.0 Å². The molecule has 8 aromatic rings. The standard InChI is InChI=1S/C38H26N2OSi/c1-4-11-30(12-5-1)42(31-13-6-2-7-14-31,32-15-8-3-9-16-32)33-21-20-27-25-29(19-18-28(27)26-33)34-22-23-36-38(40-34)37-35(41-36)17-10-24-39-37/h1-26H. The molecular weight excluding hydrogens is 529 g/mol. The van der Waals surface area contributed by atoms with Gasteiger partial charge in [-0.3, -0.25) is 4.98 Å². The predicted molar refractivity (Wildman–Crippen MR) is 176 cm³/mol. The molecule has 0 amide bonds. The summed E-state index contributed by atoms with van der Waals surface area (Å²) in [5.74, 6) is 0. The van der Waals surface area contributed by atoms with Gasteiger partial charge in [0.15, 0.2) is 19.2 Å². The van der Waals surface area contributed by atoms with Crippen molar-refractivity contribution in [1.29, 1.82) is 0 Å². The first-order chi connectivity index (χ1) is 20.8. The van der Waals surface area contributed by atoms with E-state index in [1.165, 1.54) is 31.5 Å². The maximum atomic E-state index is 5.95. The molecule has 0 bridgehead atoms. The molecule has 0 saturated carbocycles. The summed E-state index contributed by atoms with van der Waals surface area (Å²) in [6.45, 7) is 0. The van der Waals surface area contributed by atoms with Crippen molar-refractivity contribution in [3.8, 4) is 11.3 Å². The molecule has 0 fully saturated rings. The lowest BCUT2D eigenvalue weighted by molar-refractivity contribution is 0.667. The van der Waals surface area contributed by atoms with Crippen LogP contribution in [0.5, 0.6) is 0 Å². The topological polar surface area (TPSA) is 38.9 Å². The summed E-state index contributed by atoms with van der Waals surface area (Å²) in [5, 5.41) is 7.88. The molecule has 0 unspecified atom stereocenters. The molecule has 0 N–H and O–H groups in total. The van der Waals surface area contributed by atoms with Gasteiger partial charge in [-0.15, -0.1) is 0 Å². The van der Waals surface area contributed by atoms with Gasteiger partial charge in [-0.25, -0.2) is 4.98 Å². The average molecular weight is 555 g/mol. The van der Waals surface area contributed by atoms with E-state index in [0.29, 0.717) is 0 Å². The van der Waals surface area contributed by atoms with Crippen LogP contribution < -0.4 is 20.7 Å². The summed E-state index contributed by atoms with van der Waals surface area (Å²) < 4.78 is 5.95. The highest BCUT2D eigenvalue weighted by molar-refractivity contribution is 7.20. The second-order valence-electron chi connectivity index (χ2n) is 10.6. The van der Waals surface area contributed by atoms with Gasteiger partial charge in [-0.2, -0.15) is 0 Å². The van der Waals surface area contributed by atoms with E-state index in [0.717, 1.165) is 33.5 Å². The van der Waals surface area contributed by atoms with Crippen LogP contribution in [0.3, 0.4) is 0 Å². The zero-order valence-electron chi connectivity index (χ0n) is 22.8. The third-order valence-electron chi connectivity index (χ3n) is 8.26. The highest BCUT2D eigenvalue weighted by atomic mass is 28.3. The maximum Gasteiger partial charge on any atom is 0.179 e. The van der Waals surface area contributed by atoms with Gasteiger partial charge < -0.3 is 4.42 Å². The Balaban J connectivity index is 1.31. The minimum Gasteiger partial charge on any atom is -0.453 e. The first-order valence-electron chi connectivity index (χ1n) is 14.2. The number of fused-ring (bicyclic) bond motifs is 4. The molecule has 0 spiro atoms. The average Bonchev–Trinajstić information content (AvgIpc) is 3.44. The van der Waals surface area contributed by atoms with Crippen molar-refractivity contribution in [3.05, 3.63) is 158 Å². The molecule has 3 heterocycles. The van der Waals surface area contributed by atoms with E-state index in [4.69, 9.17) is 9.40 Å². The van der Waals surface area contributed by atoms with Crippen molar-refractivity contribution in [3.63, 3.8) is 0 Å². The van der Waals surface area contributed by atoms with Crippen LogP contribution in [0.4, 0.5) is 0 Å². The van der Waals surface area contributed by atoms with Gasteiger partial charge in [0.1, 0.15) is 11.0 Å². The number of aromatic nitrogens is 2. The monoisotopic (exact) mass is 554 g/mol. The van der Waals surface area contributed by atoms with Crippen LogP contribution in [0, 0.1) is 0 Å². The van der Waals surface area contributed by atoms with Crippen LogP contribution in [0.25, 0.3) is 44.2 Å². The normalized spacial score (nSPS) is 11.8. The summed E-state index contributed by atoms with van der Waals surface area (Å²) in [7, 11) is -2.57. The number of hydrogen-bond acceptors (Lipinski definition) is 3. The van der Waals surface area contributed by atoms with Crippen LogP contribution in [0.1, 0.15) is 0 Å². The Bertz CT molecular complexity index is 2100. The SMILES string of the molecule is c1ccc([Si](c2ccccc2)(c2ccccc2)c2ccc3cc(-c4ccc5oc6cccnc6c5n4)ccc3c2)cc1. The lowest BCUT2D eigenvalue weighted by atomic mass is 10.0. The van der Waals surface area contributed by atoms with Crippen molar-refractivity contribution in [2.24, 2.45) is 0 Å². The van der Waals surface area contributed by atoms with E-state index in [-0.39, 0.29) is 0 Å². The third kappa shape index (κ3) is 3.88. The number of benzene rings is 5. The number of pyridine rings is 2. The number of rotatable bonds is 5. The molecule has 42 heavy (non-hydrogen) atoms. The molecule has 0 saturated heterocycles. The minimum absolute atomic E-state index is 0.752. The first kappa shape index (κ1) is 24.5. The van der Waals surface area contributed by atoms with E-state index in [1.54, 1.807) is 6.20 Å². The summed E-state index contributed by atoms with van der Waals surface area (Å²) in [6.07, 6.45) is 1.78. The Morgan fingerprint density at radius 1 is 0.452 bits per heavy atom.